The van der Waals surface area contributed by atoms with Gasteiger partial charge in [-0.2, -0.15) is 11.8 Å². The van der Waals surface area contributed by atoms with Gasteiger partial charge in [0, 0.05) is 48.3 Å². The van der Waals surface area contributed by atoms with Crippen molar-refractivity contribution >= 4 is 51.9 Å². The number of anilines is 2. The number of carbonyl (C=O) groups is 3. The molecule has 0 aromatic heterocycles. The molecule has 0 heterocycles. The molecule has 172 valence electrons. The summed E-state index contributed by atoms with van der Waals surface area (Å²) < 4.78 is 0. The summed E-state index contributed by atoms with van der Waals surface area (Å²) in [5.74, 6) is 0.458. The van der Waals surface area contributed by atoms with Gasteiger partial charge in [-0.15, -0.1) is 0 Å². The average Bonchev–Trinajstić information content (AvgIpc) is 2.76. The van der Waals surface area contributed by atoms with Crippen molar-refractivity contribution in [1.82, 2.24) is 0 Å². The van der Waals surface area contributed by atoms with Crippen LogP contribution in [0, 0.1) is 5.41 Å². The van der Waals surface area contributed by atoms with E-state index in [1.165, 1.54) is 11.8 Å². The van der Waals surface area contributed by atoms with E-state index in [1.807, 2.05) is 69.2 Å². The number of amides is 1. The number of benzene rings is 2. The molecule has 0 saturated heterocycles. The molecule has 0 spiro atoms. The topological polar surface area (TPSA) is 86.7 Å². The maximum absolute atomic E-state index is 13.1. The van der Waals surface area contributed by atoms with Gasteiger partial charge in [0.05, 0.1) is 11.8 Å². The van der Waals surface area contributed by atoms with Crippen LogP contribution in [0.4, 0.5) is 11.4 Å². The van der Waals surface area contributed by atoms with Gasteiger partial charge in [0.1, 0.15) is 0 Å². The summed E-state index contributed by atoms with van der Waals surface area (Å²) in [5, 5.41) is 11.8. The molecule has 2 aromatic carbocycles. The lowest BCUT2D eigenvalue weighted by atomic mass is 9.95. The van der Waals surface area contributed by atoms with Crippen LogP contribution in [0.25, 0.3) is 0 Å². The van der Waals surface area contributed by atoms with E-state index in [1.54, 1.807) is 12.1 Å². The van der Waals surface area contributed by atoms with Crippen molar-refractivity contribution in [3.8, 4) is 0 Å². The van der Waals surface area contributed by atoms with E-state index in [4.69, 9.17) is 5.11 Å². The number of carboxylic acids is 1. The van der Waals surface area contributed by atoms with E-state index < -0.39 is 11.4 Å². The molecule has 1 amide bonds. The van der Waals surface area contributed by atoms with Crippen LogP contribution in [0.1, 0.15) is 36.2 Å². The SMILES string of the molecule is CN(C)c1ccc(CSCCC(=O)O)c(NC(=O)C(C)(C)CSC(=O)c2ccccc2)c1. The van der Waals surface area contributed by atoms with Gasteiger partial charge < -0.3 is 15.3 Å². The number of rotatable bonds is 11. The lowest BCUT2D eigenvalue weighted by Gasteiger charge is -2.24. The number of aliphatic carboxylic acids is 1. The molecule has 0 saturated carbocycles. The molecule has 0 atom stereocenters. The zero-order valence-corrected chi connectivity index (χ0v) is 20.5. The molecular formula is C24H30N2O4S2. The molecule has 32 heavy (non-hydrogen) atoms. The molecule has 2 rings (SSSR count). The maximum Gasteiger partial charge on any atom is 0.304 e. The molecule has 2 aromatic rings. The Kier molecular flexibility index (Phi) is 9.65. The van der Waals surface area contributed by atoms with Crippen molar-refractivity contribution in [1.29, 1.82) is 0 Å². The second kappa shape index (κ2) is 12.0. The number of carbonyl (C=O) groups excluding carboxylic acids is 2. The Morgan fingerprint density at radius 3 is 2.38 bits per heavy atom. The van der Waals surface area contributed by atoms with Crippen LogP contribution < -0.4 is 10.2 Å². The normalized spacial score (nSPS) is 11.1. The van der Waals surface area contributed by atoms with Gasteiger partial charge in [0.2, 0.25) is 11.0 Å². The third-order valence-electron chi connectivity index (χ3n) is 4.76. The fraction of sp³-hybridized carbons (Fsp3) is 0.375. The average molecular weight is 475 g/mol. The number of hydrogen-bond donors (Lipinski definition) is 2. The Hall–Kier alpha value is -2.45. The highest BCUT2D eigenvalue weighted by molar-refractivity contribution is 8.14. The van der Waals surface area contributed by atoms with Crippen LogP contribution in [-0.4, -0.2) is 47.7 Å². The summed E-state index contributed by atoms with van der Waals surface area (Å²) in [7, 11) is 3.86. The highest BCUT2D eigenvalue weighted by Gasteiger charge is 2.29. The summed E-state index contributed by atoms with van der Waals surface area (Å²) in [6.45, 7) is 3.65. The van der Waals surface area contributed by atoms with Crippen LogP contribution in [0.2, 0.25) is 0 Å². The molecule has 0 fully saturated rings. The first-order valence-corrected chi connectivity index (χ1v) is 12.4. The molecule has 0 aliphatic heterocycles. The van der Waals surface area contributed by atoms with E-state index in [0.717, 1.165) is 23.0 Å². The van der Waals surface area contributed by atoms with Crippen molar-refractivity contribution in [3.63, 3.8) is 0 Å². The van der Waals surface area contributed by atoms with Gasteiger partial charge in [-0.1, -0.05) is 62.0 Å². The predicted molar refractivity (Wildman–Crippen MR) is 135 cm³/mol. The summed E-state index contributed by atoms with van der Waals surface area (Å²) in [6.07, 6.45) is 0.0990. The Morgan fingerprint density at radius 1 is 1.06 bits per heavy atom. The minimum atomic E-state index is -0.821. The Morgan fingerprint density at radius 2 is 1.75 bits per heavy atom. The van der Waals surface area contributed by atoms with Gasteiger partial charge in [-0.05, 0) is 17.7 Å². The molecule has 0 aliphatic carbocycles. The Labute approximate surface area is 198 Å². The highest BCUT2D eigenvalue weighted by atomic mass is 32.2. The predicted octanol–water partition coefficient (Wildman–Crippen LogP) is 5.00. The third kappa shape index (κ3) is 7.91. The van der Waals surface area contributed by atoms with Crippen molar-refractivity contribution in [2.45, 2.75) is 26.0 Å². The van der Waals surface area contributed by atoms with Gasteiger partial charge in [0.15, 0.2) is 0 Å². The largest absolute Gasteiger partial charge is 0.481 e. The van der Waals surface area contributed by atoms with Gasteiger partial charge >= 0.3 is 5.97 Å². The zero-order chi connectivity index (χ0) is 23.7. The number of hydrogen-bond acceptors (Lipinski definition) is 6. The monoisotopic (exact) mass is 474 g/mol. The lowest BCUT2D eigenvalue weighted by Crippen LogP contribution is -2.33. The van der Waals surface area contributed by atoms with E-state index in [-0.39, 0.29) is 17.4 Å². The summed E-state index contributed by atoms with van der Waals surface area (Å²) >= 11 is 2.65. The zero-order valence-electron chi connectivity index (χ0n) is 18.9. The van der Waals surface area contributed by atoms with Gasteiger partial charge in [0.25, 0.3) is 0 Å². The summed E-state index contributed by atoms with van der Waals surface area (Å²) in [4.78, 5) is 38.2. The molecule has 6 nitrogen and oxygen atoms in total. The molecular weight excluding hydrogens is 444 g/mol. The van der Waals surface area contributed by atoms with Gasteiger partial charge in [-0.25, -0.2) is 0 Å². The van der Waals surface area contributed by atoms with Crippen LogP contribution in [-0.2, 0) is 15.3 Å². The van der Waals surface area contributed by atoms with Crippen molar-refractivity contribution in [2.24, 2.45) is 5.41 Å². The minimum Gasteiger partial charge on any atom is -0.481 e. The fourth-order valence-electron chi connectivity index (χ4n) is 2.69. The van der Waals surface area contributed by atoms with Crippen LogP contribution in [0.15, 0.2) is 48.5 Å². The number of nitrogens with zero attached hydrogens (tertiary/aromatic N) is 1. The molecule has 0 aliphatic rings. The highest BCUT2D eigenvalue weighted by Crippen LogP contribution is 2.30. The molecule has 0 bridgehead atoms. The Balaban J connectivity index is 2.08. The first kappa shape index (κ1) is 25.8. The van der Waals surface area contributed by atoms with Crippen molar-refractivity contribution in [3.05, 3.63) is 59.7 Å². The second-order valence-corrected chi connectivity index (χ2v) is 10.3. The number of carboxylic acid groups (broad SMARTS) is 1. The van der Waals surface area contributed by atoms with E-state index in [9.17, 15) is 14.4 Å². The maximum atomic E-state index is 13.1. The molecule has 0 unspecified atom stereocenters. The van der Waals surface area contributed by atoms with Crippen LogP contribution in [0.5, 0.6) is 0 Å². The summed E-state index contributed by atoms with van der Waals surface area (Å²) in [5.41, 5.74) is 2.44. The fourth-order valence-corrected chi connectivity index (χ4v) is 4.55. The molecule has 8 heteroatoms. The second-order valence-electron chi connectivity index (χ2n) is 8.21. The standard InChI is InChI=1S/C24H30N2O4S2/c1-24(2,16-32-22(29)17-8-6-5-7-9-17)23(30)25-20-14-19(26(3)4)11-10-18(20)15-31-13-12-21(27)28/h5-11,14H,12-13,15-16H2,1-4H3,(H,25,30)(H,27,28). The minimum absolute atomic E-state index is 0.0587. The third-order valence-corrected chi connectivity index (χ3v) is 7.14. The molecule has 2 N–H and O–H groups in total. The molecule has 0 radical (unpaired) electrons. The van der Waals surface area contributed by atoms with E-state index in [0.29, 0.717) is 28.5 Å². The summed E-state index contributed by atoms with van der Waals surface area (Å²) in [6, 6.07) is 14.9. The van der Waals surface area contributed by atoms with Crippen LogP contribution in [0.3, 0.4) is 0 Å². The number of thioether (sulfide) groups is 2. The van der Waals surface area contributed by atoms with E-state index >= 15 is 0 Å². The first-order valence-electron chi connectivity index (χ1n) is 10.2. The van der Waals surface area contributed by atoms with Crippen molar-refractivity contribution < 1.29 is 19.5 Å². The van der Waals surface area contributed by atoms with Crippen molar-refractivity contribution in [2.75, 3.05) is 35.8 Å². The smallest absolute Gasteiger partial charge is 0.304 e. The Bertz CT molecular complexity index is 946. The number of nitrogens with one attached hydrogen (secondary N) is 1. The van der Waals surface area contributed by atoms with E-state index in [2.05, 4.69) is 5.32 Å². The lowest BCUT2D eigenvalue weighted by molar-refractivity contribution is -0.136. The first-order chi connectivity index (χ1) is 15.1. The van der Waals surface area contributed by atoms with Gasteiger partial charge in [-0.3, -0.25) is 14.4 Å². The van der Waals surface area contributed by atoms with Crippen LogP contribution >= 0.6 is 23.5 Å². The quantitative estimate of drug-likeness (QED) is 0.443.